The average Bonchev–Trinajstić information content (AvgIpc) is 2.95. The zero-order valence-corrected chi connectivity index (χ0v) is 12.5. The van der Waals surface area contributed by atoms with E-state index in [9.17, 15) is 8.78 Å². The molecule has 0 aliphatic heterocycles. The first kappa shape index (κ1) is 14.4. The Labute approximate surface area is 126 Å². The molecule has 0 bridgehead atoms. The topological polar surface area (TPSA) is 46.3 Å². The molecule has 1 atom stereocenters. The Hall–Kier alpha value is -2.57. The van der Waals surface area contributed by atoms with Crippen molar-refractivity contribution in [2.75, 3.05) is 11.9 Å². The van der Waals surface area contributed by atoms with Crippen molar-refractivity contribution in [1.82, 2.24) is 19.6 Å². The summed E-state index contributed by atoms with van der Waals surface area (Å²) in [4.78, 5) is 10.3. The third-order valence-electron chi connectivity index (χ3n) is 3.73. The van der Waals surface area contributed by atoms with E-state index in [2.05, 4.69) is 15.1 Å². The van der Waals surface area contributed by atoms with Crippen molar-refractivity contribution < 1.29 is 8.78 Å². The van der Waals surface area contributed by atoms with E-state index in [-0.39, 0.29) is 6.04 Å². The lowest BCUT2D eigenvalue weighted by Gasteiger charge is -2.27. The molecular formula is C15H15F2N5. The predicted molar refractivity (Wildman–Crippen MR) is 78.7 cm³/mol. The van der Waals surface area contributed by atoms with Gasteiger partial charge in [0.1, 0.15) is 12.1 Å². The average molecular weight is 303 g/mol. The van der Waals surface area contributed by atoms with Gasteiger partial charge in [0.15, 0.2) is 11.6 Å². The van der Waals surface area contributed by atoms with Crippen molar-refractivity contribution in [3.8, 4) is 0 Å². The molecule has 5 nitrogen and oxygen atoms in total. The molecular weight excluding hydrogens is 288 g/mol. The van der Waals surface area contributed by atoms with Crippen LogP contribution in [0.1, 0.15) is 24.2 Å². The van der Waals surface area contributed by atoms with E-state index in [1.54, 1.807) is 10.6 Å². The molecule has 0 aliphatic rings. The second-order valence-corrected chi connectivity index (χ2v) is 5.19. The highest BCUT2D eigenvalue weighted by Gasteiger charge is 2.18. The van der Waals surface area contributed by atoms with E-state index in [0.29, 0.717) is 11.3 Å². The van der Waals surface area contributed by atoms with Gasteiger partial charge in [0.25, 0.3) is 5.78 Å². The molecule has 1 aromatic carbocycles. The van der Waals surface area contributed by atoms with Crippen molar-refractivity contribution in [3.63, 3.8) is 0 Å². The Morgan fingerprint density at radius 3 is 2.68 bits per heavy atom. The van der Waals surface area contributed by atoms with Crippen LogP contribution in [0.3, 0.4) is 0 Å². The second-order valence-electron chi connectivity index (χ2n) is 5.19. The Bertz CT molecular complexity index is 830. The van der Waals surface area contributed by atoms with Crippen molar-refractivity contribution in [3.05, 3.63) is 53.5 Å². The number of anilines is 1. The van der Waals surface area contributed by atoms with Crippen LogP contribution in [0.15, 0.2) is 30.6 Å². The lowest BCUT2D eigenvalue weighted by atomic mass is 10.1. The molecule has 0 unspecified atom stereocenters. The highest BCUT2D eigenvalue weighted by atomic mass is 19.2. The van der Waals surface area contributed by atoms with Crippen LogP contribution < -0.4 is 4.90 Å². The number of rotatable bonds is 3. The molecule has 3 aromatic rings. The smallest absolute Gasteiger partial charge is 0.254 e. The van der Waals surface area contributed by atoms with Gasteiger partial charge in [-0.1, -0.05) is 6.07 Å². The van der Waals surface area contributed by atoms with Crippen molar-refractivity contribution >= 4 is 11.6 Å². The lowest BCUT2D eigenvalue weighted by molar-refractivity contribution is 0.505. The number of hydrogen-bond acceptors (Lipinski definition) is 4. The van der Waals surface area contributed by atoms with Crippen molar-refractivity contribution in [2.45, 2.75) is 19.9 Å². The molecule has 7 heteroatoms. The summed E-state index contributed by atoms with van der Waals surface area (Å²) in [5, 5.41) is 4.16. The van der Waals surface area contributed by atoms with Gasteiger partial charge < -0.3 is 4.90 Å². The molecule has 3 rings (SSSR count). The highest BCUT2D eigenvalue weighted by Crippen LogP contribution is 2.26. The van der Waals surface area contributed by atoms with E-state index < -0.39 is 11.6 Å². The van der Waals surface area contributed by atoms with E-state index in [0.717, 1.165) is 17.6 Å². The van der Waals surface area contributed by atoms with Gasteiger partial charge in [-0.15, -0.1) is 0 Å². The zero-order chi connectivity index (χ0) is 15.9. The predicted octanol–water partition coefficient (Wildman–Crippen LogP) is 2.91. The minimum Gasteiger partial charge on any atom is -0.353 e. The first-order valence-electron chi connectivity index (χ1n) is 6.82. The van der Waals surface area contributed by atoms with Crippen LogP contribution in [0.4, 0.5) is 14.6 Å². The van der Waals surface area contributed by atoms with Gasteiger partial charge in [-0.25, -0.2) is 13.8 Å². The molecule has 2 aromatic heterocycles. The van der Waals surface area contributed by atoms with Crippen LogP contribution in [-0.2, 0) is 0 Å². The quantitative estimate of drug-likeness (QED) is 0.746. The summed E-state index contributed by atoms with van der Waals surface area (Å²) in [7, 11) is 1.86. The first-order valence-corrected chi connectivity index (χ1v) is 6.82. The summed E-state index contributed by atoms with van der Waals surface area (Å²) in [6.45, 7) is 3.78. The van der Waals surface area contributed by atoms with Crippen molar-refractivity contribution in [2.24, 2.45) is 0 Å². The van der Waals surface area contributed by atoms with Crippen LogP contribution in [0, 0.1) is 18.6 Å². The number of aromatic nitrogens is 4. The fourth-order valence-electron chi connectivity index (χ4n) is 2.36. The second kappa shape index (κ2) is 5.32. The normalized spacial score (nSPS) is 12.6. The molecule has 0 saturated heterocycles. The van der Waals surface area contributed by atoms with Gasteiger partial charge in [0.2, 0.25) is 0 Å². The fraction of sp³-hybridized carbons (Fsp3) is 0.267. The summed E-state index contributed by atoms with van der Waals surface area (Å²) in [6, 6.07) is 5.62. The van der Waals surface area contributed by atoms with Gasteiger partial charge in [-0.3, -0.25) is 0 Å². The molecule has 22 heavy (non-hydrogen) atoms. The number of aryl methyl sites for hydroxylation is 1. The SMILES string of the molecule is Cc1cc(N(C)[C@@H](C)c2ccc(F)c(F)c2)n2ncnc2n1. The maximum atomic E-state index is 13.4. The van der Waals surface area contributed by atoms with E-state index in [4.69, 9.17) is 0 Å². The largest absolute Gasteiger partial charge is 0.353 e. The Balaban J connectivity index is 2.02. The van der Waals surface area contributed by atoms with Crippen molar-refractivity contribution in [1.29, 1.82) is 0 Å². The van der Waals surface area contributed by atoms with Gasteiger partial charge in [-0.05, 0) is 31.5 Å². The molecule has 2 heterocycles. The third-order valence-corrected chi connectivity index (χ3v) is 3.73. The molecule has 0 radical (unpaired) electrons. The van der Waals surface area contributed by atoms with Gasteiger partial charge in [0.05, 0.1) is 6.04 Å². The van der Waals surface area contributed by atoms with Crippen LogP contribution >= 0.6 is 0 Å². The summed E-state index contributed by atoms with van der Waals surface area (Å²) in [5.74, 6) is -0.428. The fourth-order valence-corrected chi connectivity index (χ4v) is 2.36. The third kappa shape index (κ3) is 2.38. The summed E-state index contributed by atoms with van der Waals surface area (Å²) in [5.41, 5.74) is 1.48. The van der Waals surface area contributed by atoms with Crippen LogP contribution in [-0.4, -0.2) is 26.6 Å². The molecule has 0 saturated carbocycles. The molecule has 0 fully saturated rings. The summed E-state index contributed by atoms with van der Waals surface area (Å²) >= 11 is 0. The molecule has 114 valence electrons. The molecule has 0 spiro atoms. The molecule has 0 aliphatic carbocycles. The minimum absolute atomic E-state index is 0.177. The Morgan fingerprint density at radius 2 is 1.95 bits per heavy atom. The van der Waals surface area contributed by atoms with E-state index in [1.807, 2.05) is 31.9 Å². The first-order chi connectivity index (χ1) is 10.5. The minimum atomic E-state index is -0.852. The summed E-state index contributed by atoms with van der Waals surface area (Å²) in [6.07, 6.45) is 1.43. The maximum Gasteiger partial charge on any atom is 0.254 e. The Morgan fingerprint density at radius 1 is 1.18 bits per heavy atom. The molecule has 0 N–H and O–H groups in total. The standard InChI is InChI=1S/C15H15F2N5/c1-9-6-14(22-15(20-9)18-8-19-22)21(3)10(2)11-4-5-12(16)13(17)7-11/h4-8,10H,1-3H3/t10-/m0/s1. The Kier molecular flexibility index (Phi) is 3.48. The number of fused-ring (bicyclic) bond motifs is 1. The van der Waals surface area contributed by atoms with Crippen LogP contribution in [0.2, 0.25) is 0 Å². The van der Waals surface area contributed by atoms with E-state index in [1.165, 1.54) is 12.4 Å². The monoisotopic (exact) mass is 303 g/mol. The highest BCUT2D eigenvalue weighted by molar-refractivity contribution is 5.48. The van der Waals surface area contributed by atoms with Gasteiger partial charge >= 0.3 is 0 Å². The zero-order valence-electron chi connectivity index (χ0n) is 12.5. The number of hydrogen-bond donors (Lipinski definition) is 0. The maximum absolute atomic E-state index is 13.4. The van der Waals surface area contributed by atoms with Gasteiger partial charge in [0, 0.05) is 18.8 Å². The number of benzene rings is 1. The molecule has 0 amide bonds. The lowest BCUT2D eigenvalue weighted by Crippen LogP contribution is -2.24. The number of nitrogens with zero attached hydrogens (tertiary/aromatic N) is 5. The van der Waals surface area contributed by atoms with Crippen LogP contribution in [0.5, 0.6) is 0 Å². The van der Waals surface area contributed by atoms with Crippen LogP contribution in [0.25, 0.3) is 5.78 Å². The van der Waals surface area contributed by atoms with E-state index >= 15 is 0 Å². The number of halogens is 2. The van der Waals surface area contributed by atoms with Gasteiger partial charge in [-0.2, -0.15) is 14.6 Å². The summed E-state index contributed by atoms with van der Waals surface area (Å²) < 4.78 is 28.1.